The third-order valence-electron chi connectivity index (χ3n) is 11.9. The molecule has 0 spiro atoms. The maximum atomic E-state index is 5.27. The van der Waals surface area contributed by atoms with Gasteiger partial charge in [-0.25, -0.2) is 4.98 Å². The number of nitrogens with zero attached hydrogens (tertiary/aromatic N) is 5. The van der Waals surface area contributed by atoms with Gasteiger partial charge in [-0.05, 0) is 88.0 Å². The number of aromatic nitrogens is 4. The molecule has 0 bridgehead atoms. The zero-order valence-corrected chi connectivity index (χ0v) is 32.8. The first-order valence-electron chi connectivity index (χ1n) is 20.1. The second-order valence-corrected chi connectivity index (χ2v) is 15.7. The van der Waals surface area contributed by atoms with Crippen molar-refractivity contribution in [1.82, 2.24) is 19.5 Å². The van der Waals surface area contributed by atoms with Crippen molar-refractivity contribution in [2.45, 2.75) is 19.3 Å². The van der Waals surface area contributed by atoms with Gasteiger partial charge in [-0.2, -0.15) is 9.97 Å². The molecule has 0 aliphatic heterocycles. The Morgan fingerprint density at radius 3 is 1.59 bits per heavy atom. The van der Waals surface area contributed by atoms with Crippen LogP contribution in [-0.4, -0.2) is 19.5 Å². The van der Waals surface area contributed by atoms with E-state index in [0.717, 1.165) is 61.1 Å². The molecule has 5 nitrogen and oxygen atoms in total. The lowest BCUT2D eigenvalue weighted by Crippen LogP contribution is -2.14. The Bertz CT molecular complexity index is 3090. The molecule has 0 unspecified atom stereocenters. The summed E-state index contributed by atoms with van der Waals surface area (Å²) < 4.78 is 2.18. The molecule has 10 aromatic rings. The fourth-order valence-corrected chi connectivity index (χ4v) is 8.96. The molecule has 0 amide bonds. The summed E-state index contributed by atoms with van der Waals surface area (Å²) in [5.41, 5.74) is 14.6. The molecule has 5 heteroatoms. The summed E-state index contributed by atoms with van der Waals surface area (Å²) in [6, 6.07) is 70.7. The highest BCUT2D eigenvalue weighted by Crippen LogP contribution is 2.49. The molecule has 11 rings (SSSR count). The van der Waals surface area contributed by atoms with Crippen LogP contribution in [0.5, 0.6) is 0 Å². The Morgan fingerprint density at radius 1 is 0.390 bits per heavy atom. The first kappa shape index (κ1) is 34.6. The van der Waals surface area contributed by atoms with Crippen molar-refractivity contribution < 1.29 is 0 Å². The van der Waals surface area contributed by atoms with Crippen LogP contribution in [0.15, 0.2) is 200 Å². The van der Waals surface area contributed by atoms with E-state index in [9.17, 15) is 0 Å². The van der Waals surface area contributed by atoms with E-state index in [1.165, 1.54) is 22.3 Å². The number of rotatable bonds is 7. The van der Waals surface area contributed by atoms with Crippen molar-refractivity contribution in [2.75, 3.05) is 4.90 Å². The van der Waals surface area contributed by atoms with Gasteiger partial charge in [0.15, 0.2) is 11.6 Å². The minimum absolute atomic E-state index is 0.0918. The maximum Gasteiger partial charge on any atom is 0.238 e. The van der Waals surface area contributed by atoms with Gasteiger partial charge in [0.25, 0.3) is 0 Å². The average Bonchev–Trinajstić information content (AvgIpc) is 3.75. The first-order valence-corrected chi connectivity index (χ1v) is 20.1. The molecular weight excluding hydrogens is 719 g/mol. The lowest BCUT2D eigenvalue weighted by molar-refractivity contribution is 0.660. The van der Waals surface area contributed by atoms with Gasteiger partial charge in [0.05, 0.1) is 11.0 Å². The Balaban J connectivity index is 1.04. The molecule has 280 valence electrons. The van der Waals surface area contributed by atoms with Crippen LogP contribution in [0.25, 0.3) is 72.8 Å². The van der Waals surface area contributed by atoms with Gasteiger partial charge in [-0.1, -0.05) is 159 Å². The third-order valence-corrected chi connectivity index (χ3v) is 11.9. The summed E-state index contributed by atoms with van der Waals surface area (Å²) in [6.07, 6.45) is 0. The minimum Gasteiger partial charge on any atom is -0.310 e. The number of para-hydroxylation sites is 4. The molecule has 0 radical (unpaired) electrons. The van der Waals surface area contributed by atoms with Crippen LogP contribution in [0.2, 0.25) is 0 Å². The first-order chi connectivity index (χ1) is 29.0. The minimum atomic E-state index is -0.0918. The lowest BCUT2D eigenvalue weighted by Gasteiger charge is -2.25. The van der Waals surface area contributed by atoms with E-state index >= 15 is 0 Å². The smallest absolute Gasteiger partial charge is 0.238 e. The Morgan fingerprint density at radius 2 is 0.915 bits per heavy atom. The Kier molecular flexibility index (Phi) is 8.09. The van der Waals surface area contributed by atoms with Crippen molar-refractivity contribution in [1.29, 1.82) is 0 Å². The van der Waals surface area contributed by atoms with E-state index in [1.807, 2.05) is 0 Å². The normalized spacial score (nSPS) is 12.7. The fraction of sp³-hybridized carbons (Fsp3) is 0.0556. The van der Waals surface area contributed by atoms with Gasteiger partial charge < -0.3 is 4.90 Å². The zero-order chi connectivity index (χ0) is 39.5. The maximum absolute atomic E-state index is 5.27. The Hall–Kier alpha value is -7.63. The summed E-state index contributed by atoms with van der Waals surface area (Å²) in [6.45, 7) is 4.61. The van der Waals surface area contributed by atoms with E-state index in [1.54, 1.807) is 0 Å². The molecule has 0 saturated carbocycles. The monoisotopic (exact) mass is 757 g/mol. The molecule has 0 N–H and O–H groups in total. The average molecular weight is 758 g/mol. The van der Waals surface area contributed by atoms with Crippen LogP contribution in [0.3, 0.4) is 0 Å². The molecule has 0 atom stereocenters. The quantitative estimate of drug-likeness (QED) is 0.162. The molecule has 2 heterocycles. The number of hydrogen-bond donors (Lipinski definition) is 0. The lowest BCUT2D eigenvalue weighted by atomic mass is 9.82. The summed E-state index contributed by atoms with van der Waals surface area (Å²) in [7, 11) is 0. The van der Waals surface area contributed by atoms with Gasteiger partial charge in [0.1, 0.15) is 0 Å². The molecule has 8 aromatic carbocycles. The van der Waals surface area contributed by atoms with Crippen LogP contribution in [0.1, 0.15) is 25.0 Å². The molecule has 0 fully saturated rings. The van der Waals surface area contributed by atoms with E-state index in [2.05, 4.69) is 224 Å². The van der Waals surface area contributed by atoms with Gasteiger partial charge >= 0.3 is 0 Å². The number of hydrogen-bond acceptors (Lipinski definition) is 4. The van der Waals surface area contributed by atoms with Crippen molar-refractivity contribution >= 4 is 38.9 Å². The van der Waals surface area contributed by atoms with Gasteiger partial charge in [-0.15, -0.1) is 0 Å². The van der Waals surface area contributed by atoms with E-state index in [0.29, 0.717) is 17.6 Å². The van der Waals surface area contributed by atoms with Crippen LogP contribution >= 0.6 is 0 Å². The van der Waals surface area contributed by atoms with Crippen molar-refractivity contribution in [3.63, 3.8) is 0 Å². The number of anilines is 3. The van der Waals surface area contributed by atoms with Crippen LogP contribution in [-0.2, 0) is 5.41 Å². The van der Waals surface area contributed by atoms with E-state index < -0.39 is 0 Å². The van der Waals surface area contributed by atoms with Crippen LogP contribution in [0, 0.1) is 0 Å². The van der Waals surface area contributed by atoms with Gasteiger partial charge in [-0.3, -0.25) is 4.57 Å². The summed E-state index contributed by atoms with van der Waals surface area (Å²) in [5, 5.41) is 2.32. The van der Waals surface area contributed by atoms with E-state index in [4.69, 9.17) is 15.0 Å². The SMILES string of the molecule is CC1(C)c2ccccc2-c2cc(-c3nc(-c4ccc(-c5cccc(N(c6ccccc6)c6ccccc6)c5)cc4)nc(-n4c5ccccc5c5ccccc54)n3)ccc21. The highest BCUT2D eigenvalue weighted by atomic mass is 15.2. The number of benzene rings is 8. The van der Waals surface area contributed by atoms with Crippen molar-refractivity contribution in [3.8, 4) is 51.0 Å². The summed E-state index contributed by atoms with van der Waals surface area (Å²) >= 11 is 0. The topological polar surface area (TPSA) is 46.8 Å². The molecule has 1 aliphatic carbocycles. The van der Waals surface area contributed by atoms with Crippen LogP contribution in [0.4, 0.5) is 17.1 Å². The molecule has 59 heavy (non-hydrogen) atoms. The van der Waals surface area contributed by atoms with Crippen molar-refractivity contribution in [3.05, 3.63) is 211 Å². The summed E-state index contributed by atoms with van der Waals surface area (Å²) in [4.78, 5) is 18.0. The predicted molar refractivity (Wildman–Crippen MR) is 243 cm³/mol. The second kappa shape index (κ2) is 13.8. The highest BCUT2D eigenvalue weighted by molar-refractivity contribution is 6.09. The third kappa shape index (κ3) is 5.81. The zero-order valence-electron chi connectivity index (χ0n) is 32.8. The van der Waals surface area contributed by atoms with E-state index in [-0.39, 0.29) is 5.41 Å². The standard InChI is InChI=1S/C54H39N5/c1-54(2)47-25-12-9-22-43(47)46-35-39(32-33-48(46)54)52-55-51(56-53(57-52)59-49-26-13-10-23-44(49)45-24-11-14-27-50(45)59)37-30-28-36(29-31-37)38-16-15-21-42(34-38)58(40-17-5-3-6-18-40)41-19-7-4-8-20-41/h3-35H,1-2H3. The van der Waals surface area contributed by atoms with Crippen LogP contribution < -0.4 is 4.90 Å². The second-order valence-electron chi connectivity index (χ2n) is 15.7. The largest absolute Gasteiger partial charge is 0.310 e. The van der Waals surface area contributed by atoms with Gasteiger partial charge in [0.2, 0.25) is 5.95 Å². The van der Waals surface area contributed by atoms with Crippen molar-refractivity contribution in [2.24, 2.45) is 0 Å². The molecule has 2 aromatic heterocycles. The Labute approximate surface area is 343 Å². The van der Waals surface area contributed by atoms with Gasteiger partial charge in [0, 0.05) is 44.4 Å². The predicted octanol–water partition coefficient (Wildman–Crippen LogP) is 13.7. The molecular formula is C54H39N5. The summed E-state index contributed by atoms with van der Waals surface area (Å²) in [5.74, 6) is 1.84. The number of fused-ring (bicyclic) bond motifs is 6. The molecule has 1 aliphatic rings. The molecule has 0 saturated heterocycles. The fourth-order valence-electron chi connectivity index (χ4n) is 8.96. The highest BCUT2D eigenvalue weighted by Gasteiger charge is 2.35.